The summed E-state index contributed by atoms with van der Waals surface area (Å²) in [6.45, 7) is 11.3. The second-order valence-electron chi connectivity index (χ2n) is 7.04. The molecular weight excluding hydrogens is 383 g/mol. The molecule has 0 aromatic heterocycles. The number of carbonyl (C=O) groups excluding carboxylic acids is 1. The minimum atomic E-state index is -1.29. The molecule has 0 aliphatic carbocycles. The van der Waals surface area contributed by atoms with E-state index < -0.39 is 19.8 Å². The summed E-state index contributed by atoms with van der Waals surface area (Å²) in [4.78, 5) is 13.2. The monoisotopic (exact) mass is 416 g/mol. The van der Waals surface area contributed by atoms with Crippen LogP contribution in [0.25, 0.3) is 0 Å². The van der Waals surface area contributed by atoms with Crippen molar-refractivity contribution >= 4 is 25.6 Å². The van der Waals surface area contributed by atoms with Crippen LogP contribution < -0.4 is 0 Å². The topological polar surface area (TPSA) is 17.1 Å². The van der Waals surface area contributed by atoms with Crippen LogP contribution in [0.3, 0.4) is 0 Å². The van der Waals surface area contributed by atoms with E-state index in [9.17, 15) is 4.79 Å². The van der Waals surface area contributed by atoms with Gasteiger partial charge in [0.15, 0.2) is 0 Å². The van der Waals surface area contributed by atoms with Gasteiger partial charge in [0.05, 0.1) is 0 Å². The third-order valence-corrected chi connectivity index (χ3v) is 12.3. The summed E-state index contributed by atoms with van der Waals surface area (Å²) in [5.41, 5.74) is 0.997. The number of unbranched alkanes of at least 4 members (excludes halogenated alkanes) is 2. The number of carbonyl (C=O) groups is 1. The molecule has 1 aromatic carbocycles. The van der Waals surface area contributed by atoms with E-state index >= 15 is 0 Å². The number of alkyl halides is 3. The van der Waals surface area contributed by atoms with Crippen LogP contribution in [0.4, 0.5) is 0 Å². The third-order valence-electron chi connectivity index (χ3n) is 3.82. The number of ketones is 1. The summed E-state index contributed by atoms with van der Waals surface area (Å²) in [7, 11) is 0. The zero-order valence-electron chi connectivity index (χ0n) is 15.0. The van der Waals surface area contributed by atoms with E-state index in [4.69, 9.17) is 0 Å². The van der Waals surface area contributed by atoms with E-state index in [0.29, 0.717) is 5.78 Å². The molecule has 0 heterocycles. The van der Waals surface area contributed by atoms with Crippen molar-refractivity contribution in [2.75, 3.05) is 8.86 Å². The minimum absolute atomic E-state index is 0.0826. The molecule has 0 spiro atoms. The SMILES string of the molecule is CCCCI(CCCC)C(C(=O)c1ccccc1)C(C)(C)C. The fourth-order valence-corrected chi connectivity index (χ4v) is 11.7. The van der Waals surface area contributed by atoms with Crippen LogP contribution in [-0.4, -0.2) is 18.6 Å². The zero-order valence-corrected chi connectivity index (χ0v) is 17.2. The molecule has 0 saturated heterocycles. The summed E-state index contributed by atoms with van der Waals surface area (Å²) >= 11 is -1.29. The number of benzene rings is 1. The van der Waals surface area contributed by atoms with Gasteiger partial charge in [-0.25, -0.2) is 0 Å². The van der Waals surface area contributed by atoms with Crippen molar-refractivity contribution in [1.29, 1.82) is 0 Å². The molecule has 1 atom stereocenters. The van der Waals surface area contributed by atoms with Crippen LogP contribution in [0.2, 0.25) is 0 Å². The van der Waals surface area contributed by atoms with Gasteiger partial charge in [-0.2, -0.15) is 0 Å². The van der Waals surface area contributed by atoms with Crippen molar-refractivity contribution in [3.05, 3.63) is 35.9 Å². The van der Waals surface area contributed by atoms with Gasteiger partial charge in [0.2, 0.25) is 0 Å². The average molecular weight is 416 g/mol. The molecule has 0 aliphatic rings. The van der Waals surface area contributed by atoms with Crippen molar-refractivity contribution in [3.8, 4) is 0 Å². The number of hydrogen-bond acceptors (Lipinski definition) is 1. The fourth-order valence-electron chi connectivity index (χ4n) is 2.67. The Morgan fingerprint density at radius 1 is 1.00 bits per heavy atom. The predicted octanol–water partition coefficient (Wildman–Crippen LogP) is 6.39. The van der Waals surface area contributed by atoms with Gasteiger partial charge >= 0.3 is 145 Å². The molecule has 1 nitrogen and oxygen atoms in total. The number of hydrogen-bond donors (Lipinski definition) is 0. The molecule has 0 fully saturated rings. The second kappa shape index (κ2) is 9.69. The van der Waals surface area contributed by atoms with E-state index in [1.54, 1.807) is 0 Å². The van der Waals surface area contributed by atoms with Gasteiger partial charge in [0, 0.05) is 0 Å². The first-order valence-corrected chi connectivity index (χ1v) is 12.9. The summed E-state index contributed by atoms with van der Waals surface area (Å²) in [5.74, 6) is 0.408. The van der Waals surface area contributed by atoms with Crippen LogP contribution in [0.15, 0.2) is 30.3 Å². The average Bonchev–Trinajstić information content (AvgIpc) is 2.49. The van der Waals surface area contributed by atoms with E-state index in [2.05, 4.69) is 34.6 Å². The Morgan fingerprint density at radius 3 is 1.91 bits per heavy atom. The fraction of sp³-hybridized carbons (Fsp3) is 0.650. The van der Waals surface area contributed by atoms with Crippen molar-refractivity contribution < 1.29 is 4.79 Å². The molecule has 0 radical (unpaired) electrons. The molecule has 1 rings (SSSR count). The first-order valence-electron chi connectivity index (χ1n) is 8.61. The van der Waals surface area contributed by atoms with Crippen LogP contribution in [-0.2, 0) is 0 Å². The second-order valence-corrected chi connectivity index (χ2v) is 13.3. The summed E-state index contributed by atoms with van der Waals surface area (Å²) in [6.07, 6.45) is 5.08. The normalized spacial score (nSPS) is 13.8. The molecule has 22 heavy (non-hydrogen) atoms. The van der Waals surface area contributed by atoms with E-state index in [-0.39, 0.29) is 9.34 Å². The molecule has 0 aliphatic heterocycles. The summed E-state index contributed by atoms with van der Waals surface area (Å²) in [6, 6.07) is 9.96. The van der Waals surface area contributed by atoms with Crippen LogP contribution in [0, 0.1) is 5.41 Å². The molecule has 0 amide bonds. The van der Waals surface area contributed by atoms with Crippen LogP contribution in [0.5, 0.6) is 0 Å². The molecular formula is C20H33IO. The van der Waals surface area contributed by atoms with Crippen molar-refractivity contribution in [2.45, 2.75) is 64.2 Å². The van der Waals surface area contributed by atoms with Gasteiger partial charge < -0.3 is 0 Å². The molecule has 0 bridgehead atoms. The van der Waals surface area contributed by atoms with Gasteiger partial charge in [-0.05, 0) is 0 Å². The van der Waals surface area contributed by atoms with E-state index in [1.165, 1.54) is 34.5 Å². The number of Topliss-reactive ketones (excluding diaryl/α,β-unsaturated/α-hetero) is 1. The van der Waals surface area contributed by atoms with Gasteiger partial charge in [-0.15, -0.1) is 0 Å². The molecule has 1 aromatic rings. The van der Waals surface area contributed by atoms with Crippen molar-refractivity contribution in [1.82, 2.24) is 0 Å². The summed E-state index contributed by atoms with van der Waals surface area (Å²) in [5, 5.41) is 0. The molecule has 0 N–H and O–H groups in total. The Labute approximate surface area is 144 Å². The molecule has 126 valence electrons. The number of rotatable bonds is 9. The van der Waals surface area contributed by atoms with Crippen molar-refractivity contribution in [2.24, 2.45) is 5.41 Å². The molecule has 0 saturated carbocycles. The zero-order chi connectivity index (χ0) is 16.6. The van der Waals surface area contributed by atoms with Gasteiger partial charge in [0.25, 0.3) is 0 Å². The third kappa shape index (κ3) is 6.02. The van der Waals surface area contributed by atoms with Gasteiger partial charge in [-0.3, -0.25) is 0 Å². The summed E-state index contributed by atoms with van der Waals surface area (Å²) < 4.78 is 2.94. The quantitative estimate of drug-likeness (QED) is 0.259. The Kier molecular flexibility index (Phi) is 8.66. The first kappa shape index (κ1) is 19.7. The predicted molar refractivity (Wildman–Crippen MR) is 108 cm³/mol. The Bertz CT molecular complexity index is 425. The van der Waals surface area contributed by atoms with Crippen LogP contribution in [0.1, 0.15) is 70.7 Å². The molecule has 1 unspecified atom stereocenters. The Morgan fingerprint density at radius 2 is 1.50 bits per heavy atom. The Balaban J connectivity index is 3.05. The van der Waals surface area contributed by atoms with Gasteiger partial charge in [-0.1, -0.05) is 0 Å². The molecule has 2 heteroatoms. The Hall–Kier alpha value is -0.380. The van der Waals surface area contributed by atoms with Gasteiger partial charge in [0.1, 0.15) is 0 Å². The number of halogens is 1. The van der Waals surface area contributed by atoms with Crippen molar-refractivity contribution in [3.63, 3.8) is 0 Å². The van der Waals surface area contributed by atoms with E-state index in [0.717, 1.165) is 5.56 Å². The van der Waals surface area contributed by atoms with Crippen LogP contribution >= 0.6 is 19.8 Å². The van der Waals surface area contributed by atoms with E-state index in [1.807, 2.05) is 30.3 Å². The standard InChI is InChI=1S/C20H33IO/c1-6-8-15-21(16-9-7-2)19(20(3,4)5)18(22)17-13-11-10-12-14-17/h10-14,19H,6-9,15-16H2,1-5H3. The maximum absolute atomic E-state index is 13.2. The first-order chi connectivity index (χ1) is 10.4. The maximum atomic E-state index is 13.2.